The van der Waals surface area contributed by atoms with E-state index in [0.717, 1.165) is 84.0 Å². The van der Waals surface area contributed by atoms with Gasteiger partial charge in [0.15, 0.2) is 17.5 Å². The lowest BCUT2D eigenvalue weighted by atomic mass is 10.0. The van der Waals surface area contributed by atoms with Crippen LogP contribution in [0.2, 0.25) is 0 Å². The van der Waals surface area contributed by atoms with Crippen molar-refractivity contribution in [3.63, 3.8) is 0 Å². The van der Waals surface area contributed by atoms with Crippen molar-refractivity contribution in [1.82, 2.24) is 34.1 Å². The van der Waals surface area contributed by atoms with Crippen LogP contribution in [0.25, 0.3) is 102 Å². The molecule has 0 atom stereocenters. The predicted molar refractivity (Wildman–Crippen MR) is 242 cm³/mol. The molecule has 0 aliphatic carbocycles. The minimum absolute atomic E-state index is 0.538. The molecule has 11 aromatic rings. The van der Waals surface area contributed by atoms with Crippen molar-refractivity contribution >= 4 is 22.1 Å². The quantitative estimate of drug-likeness (QED) is 0.154. The largest absolute Gasteiger partial charge is 0.292 e. The molecule has 7 heteroatoms. The third-order valence-corrected chi connectivity index (χ3v) is 10.9. The highest BCUT2D eigenvalue weighted by Crippen LogP contribution is 2.38. The van der Waals surface area contributed by atoms with Crippen LogP contribution in [0.3, 0.4) is 0 Å². The zero-order valence-electron chi connectivity index (χ0n) is 32.3. The van der Waals surface area contributed by atoms with Gasteiger partial charge < -0.3 is 0 Å². The van der Waals surface area contributed by atoms with Crippen LogP contribution in [0, 0.1) is 0 Å². The van der Waals surface area contributed by atoms with E-state index < -0.39 is 0 Å². The molecule has 11 rings (SSSR count). The molecule has 0 unspecified atom stereocenters. The molecule has 0 amide bonds. The van der Waals surface area contributed by atoms with Crippen LogP contribution in [-0.2, 0) is 0 Å². The molecule has 0 radical (unpaired) electrons. The topological polar surface area (TPSA) is 74.3 Å². The molecule has 0 saturated heterocycles. The van der Waals surface area contributed by atoms with Crippen molar-refractivity contribution in [1.29, 1.82) is 0 Å². The minimum atomic E-state index is 0.538. The molecule has 0 fully saturated rings. The molecule has 0 aliphatic heterocycles. The summed E-state index contributed by atoms with van der Waals surface area (Å²) in [4.78, 5) is 26.4. The summed E-state index contributed by atoms with van der Waals surface area (Å²) in [6.45, 7) is 0. The van der Waals surface area contributed by atoms with Gasteiger partial charge in [-0.2, -0.15) is 0 Å². The lowest BCUT2D eigenvalue weighted by molar-refractivity contribution is 1.06. The lowest BCUT2D eigenvalue weighted by Crippen LogP contribution is -2.04. The number of rotatable bonds is 8. The Morgan fingerprint density at radius 1 is 0.250 bits per heavy atom. The van der Waals surface area contributed by atoms with Gasteiger partial charge in [-0.05, 0) is 59.7 Å². The van der Waals surface area contributed by atoms with E-state index in [1.807, 2.05) is 54.6 Å². The molecular formula is C53H35N7. The molecule has 0 saturated carbocycles. The molecule has 3 aromatic heterocycles. The summed E-state index contributed by atoms with van der Waals surface area (Å²) >= 11 is 0. The maximum atomic E-state index is 5.35. The van der Waals surface area contributed by atoms with E-state index in [2.05, 4.69) is 167 Å². The zero-order valence-corrected chi connectivity index (χ0v) is 32.3. The summed E-state index contributed by atoms with van der Waals surface area (Å²) in [5, 5.41) is 0. The number of para-hydroxylation sites is 6. The highest BCUT2D eigenvalue weighted by atomic mass is 15.1. The summed E-state index contributed by atoms with van der Waals surface area (Å²) in [6.07, 6.45) is 0. The fourth-order valence-corrected chi connectivity index (χ4v) is 8.02. The minimum Gasteiger partial charge on any atom is -0.292 e. The number of nitrogens with zero attached hydrogens (tertiary/aromatic N) is 7. The first-order chi connectivity index (χ1) is 29.8. The number of hydrogen-bond acceptors (Lipinski definition) is 5. The molecular weight excluding hydrogens is 735 g/mol. The number of aromatic nitrogens is 7. The van der Waals surface area contributed by atoms with Crippen molar-refractivity contribution in [2.45, 2.75) is 0 Å². The van der Waals surface area contributed by atoms with Crippen LogP contribution in [0.15, 0.2) is 212 Å². The second kappa shape index (κ2) is 14.9. The third-order valence-electron chi connectivity index (χ3n) is 10.9. The highest BCUT2D eigenvalue weighted by Gasteiger charge is 2.23. The van der Waals surface area contributed by atoms with Crippen LogP contribution in [0.4, 0.5) is 0 Å². The Kier molecular flexibility index (Phi) is 8.67. The first kappa shape index (κ1) is 34.9. The highest BCUT2D eigenvalue weighted by molar-refractivity contribution is 5.90. The van der Waals surface area contributed by atoms with Gasteiger partial charge in [0.05, 0.1) is 22.1 Å². The van der Waals surface area contributed by atoms with E-state index in [1.165, 1.54) is 0 Å². The van der Waals surface area contributed by atoms with Gasteiger partial charge in [-0.15, -0.1) is 0 Å². The average molecular weight is 770 g/mol. The lowest BCUT2D eigenvalue weighted by Gasteiger charge is -2.15. The predicted octanol–water partition coefficient (Wildman–Crippen LogP) is 12.6. The molecule has 0 bridgehead atoms. The van der Waals surface area contributed by atoms with Gasteiger partial charge in [-0.25, -0.2) is 24.9 Å². The Morgan fingerprint density at radius 3 is 1.08 bits per heavy atom. The monoisotopic (exact) mass is 769 g/mol. The van der Waals surface area contributed by atoms with Crippen molar-refractivity contribution in [2.75, 3.05) is 0 Å². The van der Waals surface area contributed by atoms with Crippen molar-refractivity contribution in [3.05, 3.63) is 212 Å². The Bertz CT molecular complexity index is 3120. The average Bonchev–Trinajstić information content (AvgIpc) is 3.92. The molecule has 3 heterocycles. The van der Waals surface area contributed by atoms with Gasteiger partial charge in [-0.3, -0.25) is 9.13 Å². The number of imidazole rings is 2. The summed E-state index contributed by atoms with van der Waals surface area (Å²) in [5.41, 5.74) is 12.5. The standard InChI is InChI=1S/C53H35N7/c1-4-18-36(19-5-1)37-32-34-38(35-33-37)49-56-50(41-24-10-12-26-43(41)52-54-45-28-14-16-30-47(45)59(52)39-20-6-2-7-21-39)58-51(57-49)42-25-11-13-27-44(42)53-55-46-29-15-17-31-48(46)60(53)40-22-8-3-9-23-40/h1-35H. The SMILES string of the molecule is c1ccc(-c2ccc(-c3nc(-c4ccccc4-c4nc5ccccc5n4-c4ccccc4)nc(-c4ccccc4-c4nc5ccccc5n4-c4ccccc4)n3)cc2)cc1. The number of benzene rings is 8. The number of hydrogen-bond donors (Lipinski definition) is 0. The Morgan fingerprint density at radius 2 is 0.600 bits per heavy atom. The zero-order chi connectivity index (χ0) is 39.8. The second-order valence-electron chi connectivity index (χ2n) is 14.5. The summed E-state index contributed by atoms with van der Waals surface area (Å²) in [5.74, 6) is 3.23. The first-order valence-corrected chi connectivity index (χ1v) is 19.9. The Labute approximate surface area is 346 Å². The molecule has 8 aromatic carbocycles. The molecule has 7 nitrogen and oxygen atoms in total. The van der Waals surface area contributed by atoms with E-state index in [-0.39, 0.29) is 0 Å². The van der Waals surface area contributed by atoms with Gasteiger partial charge in [0, 0.05) is 39.2 Å². The van der Waals surface area contributed by atoms with Gasteiger partial charge in [0.25, 0.3) is 0 Å². The Hall–Kier alpha value is -8.29. The van der Waals surface area contributed by atoms with Gasteiger partial charge in [0.1, 0.15) is 11.6 Å². The maximum Gasteiger partial charge on any atom is 0.164 e. The van der Waals surface area contributed by atoms with E-state index in [1.54, 1.807) is 0 Å². The Balaban J connectivity index is 1.14. The van der Waals surface area contributed by atoms with E-state index in [9.17, 15) is 0 Å². The van der Waals surface area contributed by atoms with Crippen molar-refractivity contribution in [2.24, 2.45) is 0 Å². The molecule has 0 N–H and O–H groups in total. The fourth-order valence-electron chi connectivity index (χ4n) is 8.02. The summed E-state index contributed by atoms with van der Waals surface area (Å²) in [7, 11) is 0. The smallest absolute Gasteiger partial charge is 0.164 e. The van der Waals surface area contributed by atoms with Crippen LogP contribution in [-0.4, -0.2) is 34.1 Å². The van der Waals surface area contributed by atoms with Crippen LogP contribution in [0.5, 0.6) is 0 Å². The molecule has 282 valence electrons. The molecule has 0 aliphatic rings. The summed E-state index contributed by atoms with van der Waals surface area (Å²) < 4.78 is 4.42. The van der Waals surface area contributed by atoms with Crippen LogP contribution < -0.4 is 0 Å². The van der Waals surface area contributed by atoms with Gasteiger partial charge in [-0.1, -0.05) is 164 Å². The number of fused-ring (bicyclic) bond motifs is 2. The van der Waals surface area contributed by atoms with Gasteiger partial charge >= 0.3 is 0 Å². The van der Waals surface area contributed by atoms with Gasteiger partial charge in [0.2, 0.25) is 0 Å². The van der Waals surface area contributed by atoms with E-state index in [4.69, 9.17) is 24.9 Å². The third kappa shape index (κ3) is 6.22. The molecule has 0 spiro atoms. The summed E-state index contributed by atoms with van der Waals surface area (Å²) in [6, 6.07) is 72.5. The van der Waals surface area contributed by atoms with E-state index >= 15 is 0 Å². The van der Waals surface area contributed by atoms with Crippen molar-refractivity contribution < 1.29 is 0 Å². The molecule has 60 heavy (non-hydrogen) atoms. The maximum absolute atomic E-state index is 5.35. The second-order valence-corrected chi connectivity index (χ2v) is 14.5. The van der Waals surface area contributed by atoms with Crippen LogP contribution >= 0.6 is 0 Å². The van der Waals surface area contributed by atoms with Crippen molar-refractivity contribution in [3.8, 4) is 79.4 Å². The van der Waals surface area contributed by atoms with E-state index in [0.29, 0.717) is 17.5 Å². The first-order valence-electron chi connectivity index (χ1n) is 19.9. The van der Waals surface area contributed by atoms with Crippen LogP contribution in [0.1, 0.15) is 0 Å². The normalized spacial score (nSPS) is 11.3. The fraction of sp³-hybridized carbons (Fsp3) is 0.